The number of hydrogen-bond acceptors (Lipinski definition) is 5. The SMILES string of the molecule is COc1ccc(C(C)CC(=O)Nc2ncn[nH]2)c(OC)c1. The molecule has 0 aliphatic heterocycles. The number of ether oxygens (including phenoxy) is 2. The number of carbonyl (C=O) groups is 1. The molecule has 0 aliphatic carbocycles. The molecule has 0 bridgehead atoms. The first kappa shape index (κ1) is 14.8. The van der Waals surface area contributed by atoms with Crippen molar-refractivity contribution in [2.24, 2.45) is 0 Å². The molecule has 0 radical (unpaired) electrons. The van der Waals surface area contributed by atoms with Gasteiger partial charge in [-0.05, 0) is 17.5 Å². The van der Waals surface area contributed by atoms with E-state index in [1.54, 1.807) is 20.3 Å². The molecule has 1 aromatic heterocycles. The highest BCUT2D eigenvalue weighted by Crippen LogP contribution is 2.32. The van der Waals surface area contributed by atoms with Crippen LogP contribution in [0.3, 0.4) is 0 Å². The zero-order chi connectivity index (χ0) is 15.2. The number of carbonyl (C=O) groups excluding carboxylic acids is 1. The average Bonchev–Trinajstić information content (AvgIpc) is 2.99. The molecule has 1 amide bonds. The van der Waals surface area contributed by atoms with Crippen molar-refractivity contribution in [3.8, 4) is 11.5 Å². The predicted molar refractivity (Wildman–Crippen MR) is 77.6 cm³/mol. The molecule has 1 unspecified atom stereocenters. The Kier molecular flexibility index (Phi) is 4.76. The summed E-state index contributed by atoms with van der Waals surface area (Å²) in [6.07, 6.45) is 1.65. The summed E-state index contributed by atoms with van der Waals surface area (Å²) >= 11 is 0. The molecule has 2 N–H and O–H groups in total. The fourth-order valence-corrected chi connectivity index (χ4v) is 2.06. The van der Waals surface area contributed by atoms with Crippen LogP contribution in [-0.2, 0) is 4.79 Å². The summed E-state index contributed by atoms with van der Waals surface area (Å²) in [5, 5.41) is 8.91. The molecule has 0 fully saturated rings. The van der Waals surface area contributed by atoms with Crippen molar-refractivity contribution in [1.82, 2.24) is 15.2 Å². The number of anilines is 1. The van der Waals surface area contributed by atoms with Crippen LogP contribution in [0.4, 0.5) is 5.95 Å². The van der Waals surface area contributed by atoms with E-state index in [0.717, 1.165) is 5.56 Å². The van der Waals surface area contributed by atoms with Gasteiger partial charge in [0, 0.05) is 12.5 Å². The van der Waals surface area contributed by atoms with Gasteiger partial charge in [0.2, 0.25) is 11.9 Å². The summed E-state index contributed by atoms with van der Waals surface area (Å²) in [4.78, 5) is 15.8. The van der Waals surface area contributed by atoms with Gasteiger partial charge in [-0.25, -0.2) is 5.10 Å². The van der Waals surface area contributed by atoms with Crippen molar-refractivity contribution in [1.29, 1.82) is 0 Å². The molecular weight excluding hydrogens is 272 g/mol. The van der Waals surface area contributed by atoms with Crippen LogP contribution in [-0.4, -0.2) is 35.3 Å². The predicted octanol–water partition coefficient (Wildman–Crippen LogP) is 1.95. The molecule has 0 spiro atoms. The minimum atomic E-state index is -0.142. The summed E-state index contributed by atoms with van der Waals surface area (Å²) < 4.78 is 10.5. The highest BCUT2D eigenvalue weighted by atomic mass is 16.5. The van der Waals surface area contributed by atoms with Crippen molar-refractivity contribution in [3.63, 3.8) is 0 Å². The van der Waals surface area contributed by atoms with Gasteiger partial charge in [0.1, 0.15) is 17.8 Å². The van der Waals surface area contributed by atoms with Crippen molar-refractivity contribution >= 4 is 11.9 Å². The standard InChI is InChI=1S/C14H18N4O3/c1-9(6-13(19)17-14-15-8-16-18-14)11-5-4-10(20-2)7-12(11)21-3/h4-5,7-9H,6H2,1-3H3,(H2,15,16,17,18,19). The van der Waals surface area contributed by atoms with Gasteiger partial charge in [0.05, 0.1) is 14.2 Å². The van der Waals surface area contributed by atoms with Crippen LogP contribution in [0.15, 0.2) is 24.5 Å². The molecular formula is C14H18N4O3. The third-order valence-corrected chi connectivity index (χ3v) is 3.14. The quantitative estimate of drug-likeness (QED) is 0.848. The fraction of sp³-hybridized carbons (Fsp3) is 0.357. The Bertz CT molecular complexity index is 598. The van der Waals surface area contributed by atoms with Gasteiger partial charge in [-0.15, -0.1) is 0 Å². The van der Waals surface area contributed by atoms with Crippen LogP contribution in [0, 0.1) is 0 Å². The van der Waals surface area contributed by atoms with Gasteiger partial charge in [-0.2, -0.15) is 10.1 Å². The maximum absolute atomic E-state index is 12.0. The first-order chi connectivity index (χ1) is 10.1. The number of nitrogens with one attached hydrogen (secondary N) is 2. The fourth-order valence-electron chi connectivity index (χ4n) is 2.06. The van der Waals surface area contributed by atoms with Gasteiger partial charge < -0.3 is 9.47 Å². The van der Waals surface area contributed by atoms with Gasteiger partial charge in [0.25, 0.3) is 0 Å². The van der Waals surface area contributed by atoms with Crippen LogP contribution in [0.2, 0.25) is 0 Å². The lowest BCUT2D eigenvalue weighted by molar-refractivity contribution is -0.116. The van der Waals surface area contributed by atoms with Crippen LogP contribution < -0.4 is 14.8 Å². The summed E-state index contributed by atoms with van der Waals surface area (Å²) in [5.74, 6) is 1.61. The minimum Gasteiger partial charge on any atom is -0.497 e. The second-order valence-corrected chi connectivity index (χ2v) is 4.60. The van der Waals surface area contributed by atoms with Crippen molar-refractivity contribution in [3.05, 3.63) is 30.1 Å². The number of rotatable bonds is 6. The zero-order valence-corrected chi connectivity index (χ0v) is 12.2. The normalized spacial score (nSPS) is 11.8. The van der Waals surface area contributed by atoms with E-state index >= 15 is 0 Å². The second-order valence-electron chi connectivity index (χ2n) is 4.60. The number of nitrogens with zero attached hydrogens (tertiary/aromatic N) is 2. The Labute approximate surface area is 122 Å². The second kappa shape index (κ2) is 6.74. The van der Waals surface area contributed by atoms with E-state index < -0.39 is 0 Å². The Balaban J connectivity index is 2.05. The lowest BCUT2D eigenvalue weighted by Gasteiger charge is -2.16. The molecule has 2 aromatic rings. The third-order valence-electron chi connectivity index (χ3n) is 3.14. The van der Waals surface area contributed by atoms with Crippen LogP contribution in [0.1, 0.15) is 24.8 Å². The molecule has 2 rings (SSSR count). The van der Waals surface area contributed by atoms with Gasteiger partial charge in [-0.3, -0.25) is 10.1 Å². The first-order valence-electron chi connectivity index (χ1n) is 6.51. The first-order valence-corrected chi connectivity index (χ1v) is 6.51. The number of amides is 1. The highest BCUT2D eigenvalue weighted by molar-refractivity contribution is 5.89. The minimum absolute atomic E-state index is 0.00576. The van der Waals surface area contributed by atoms with E-state index in [2.05, 4.69) is 20.5 Å². The molecule has 7 nitrogen and oxygen atoms in total. The van der Waals surface area contributed by atoms with Crippen molar-refractivity contribution < 1.29 is 14.3 Å². The summed E-state index contributed by atoms with van der Waals surface area (Å²) in [6, 6.07) is 5.56. The smallest absolute Gasteiger partial charge is 0.227 e. The summed E-state index contributed by atoms with van der Waals surface area (Å²) in [5.41, 5.74) is 0.950. The lowest BCUT2D eigenvalue weighted by Crippen LogP contribution is -2.15. The average molecular weight is 290 g/mol. The maximum atomic E-state index is 12.0. The Morgan fingerprint density at radius 2 is 2.19 bits per heavy atom. The van der Waals surface area contributed by atoms with E-state index in [4.69, 9.17) is 9.47 Å². The van der Waals surface area contributed by atoms with Crippen molar-refractivity contribution in [2.45, 2.75) is 19.3 Å². The number of H-pyrrole nitrogens is 1. The van der Waals surface area contributed by atoms with E-state index in [-0.39, 0.29) is 11.8 Å². The number of aromatic nitrogens is 3. The summed E-state index contributed by atoms with van der Waals surface area (Å²) in [7, 11) is 3.20. The van der Waals surface area contributed by atoms with E-state index in [9.17, 15) is 4.79 Å². The topological polar surface area (TPSA) is 89.1 Å². The molecule has 1 atom stereocenters. The van der Waals surface area contributed by atoms with Crippen LogP contribution >= 0.6 is 0 Å². The number of benzene rings is 1. The molecule has 0 aliphatic rings. The van der Waals surface area contributed by atoms with Gasteiger partial charge in [-0.1, -0.05) is 13.0 Å². The number of methoxy groups -OCH3 is 2. The lowest BCUT2D eigenvalue weighted by atomic mass is 9.96. The molecule has 1 aromatic carbocycles. The molecule has 7 heteroatoms. The Morgan fingerprint density at radius 3 is 2.81 bits per heavy atom. The van der Waals surface area contributed by atoms with E-state index in [0.29, 0.717) is 23.9 Å². The largest absolute Gasteiger partial charge is 0.497 e. The van der Waals surface area contributed by atoms with Crippen LogP contribution in [0.25, 0.3) is 0 Å². The molecule has 0 saturated carbocycles. The number of aromatic amines is 1. The van der Waals surface area contributed by atoms with Gasteiger partial charge in [0.15, 0.2) is 0 Å². The van der Waals surface area contributed by atoms with Crippen LogP contribution in [0.5, 0.6) is 11.5 Å². The Morgan fingerprint density at radius 1 is 1.38 bits per heavy atom. The zero-order valence-electron chi connectivity index (χ0n) is 12.2. The number of hydrogen-bond donors (Lipinski definition) is 2. The highest BCUT2D eigenvalue weighted by Gasteiger charge is 2.16. The summed E-state index contributed by atoms with van der Waals surface area (Å²) in [6.45, 7) is 1.96. The van der Waals surface area contributed by atoms with E-state index in [1.807, 2.05) is 19.1 Å². The molecule has 1 heterocycles. The van der Waals surface area contributed by atoms with Gasteiger partial charge >= 0.3 is 0 Å². The molecule has 112 valence electrons. The molecule has 21 heavy (non-hydrogen) atoms. The monoisotopic (exact) mass is 290 g/mol. The Hall–Kier alpha value is -2.57. The van der Waals surface area contributed by atoms with Crippen molar-refractivity contribution in [2.75, 3.05) is 19.5 Å². The van der Waals surface area contributed by atoms with E-state index in [1.165, 1.54) is 6.33 Å². The third kappa shape index (κ3) is 3.71. The molecule has 0 saturated heterocycles. The maximum Gasteiger partial charge on any atom is 0.227 e.